The van der Waals surface area contributed by atoms with Gasteiger partial charge in [-0.15, -0.1) is 0 Å². The summed E-state index contributed by atoms with van der Waals surface area (Å²) in [6.07, 6.45) is 0. The molecule has 0 aliphatic rings. The van der Waals surface area contributed by atoms with Crippen LogP contribution in [0, 0.1) is 10.8 Å². The maximum Gasteiger partial charge on any atom is 0.139 e. The first-order valence-electron chi connectivity index (χ1n) is 4.39. The molecule has 0 saturated heterocycles. The second-order valence-corrected chi connectivity index (χ2v) is 3.31. The number of nitrogens with one attached hydrogen (secondary N) is 3. The van der Waals surface area contributed by atoms with Crippen molar-refractivity contribution in [3.63, 3.8) is 0 Å². The second-order valence-electron chi connectivity index (χ2n) is 3.31. The van der Waals surface area contributed by atoms with Gasteiger partial charge in [-0.1, -0.05) is 0 Å². The Morgan fingerprint density at radius 2 is 1.80 bits per heavy atom. The van der Waals surface area contributed by atoms with Crippen molar-refractivity contribution >= 4 is 22.6 Å². The van der Waals surface area contributed by atoms with Gasteiger partial charge in [-0.05, 0) is 24.3 Å². The van der Waals surface area contributed by atoms with Crippen molar-refractivity contribution in [3.05, 3.63) is 35.5 Å². The highest BCUT2D eigenvalue weighted by atomic mass is 14.8. The molecule has 76 valence electrons. The van der Waals surface area contributed by atoms with Gasteiger partial charge in [-0.2, -0.15) is 0 Å². The Labute approximate surface area is 86.1 Å². The van der Waals surface area contributed by atoms with Crippen molar-refractivity contribution in [2.75, 3.05) is 0 Å². The van der Waals surface area contributed by atoms with E-state index in [2.05, 4.69) is 4.98 Å². The van der Waals surface area contributed by atoms with Crippen LogP contribution < -0.4 is 11.5 Å². The number of nitrogens with two attached hydrogens (primary N) is 2. The molecule has 0 amide bonds. The third-order valence-corrected chi connectivity index (χ3v) is 2.22. The van der Waals surface area contributed by atoms with E-state index in [-0.39, 0.29) is 11.7 Å². The van der Waals surface area contributed by atoms with Gasteiger partial charge in [0.15, 0.2) is 0 Å². The molecule has 0 saturated carbocycles. The average molecular weight is 201 g/mol. The highest BCUT2D eigenvalue weighted by molar-refractivity contribution is 6.02. The number of hydrogen-bond acceptors (Lipinski definition) is 2. The third kappa shape index (κ3) is 1.54. The molecule has 0 radical (unpaired) electrons. The number of hydrogen-bond donors (Lipinski definition) is 5. The molecule has 7 N–H and O–H groups in total. The Morgan fingerprint density at radius 1 is 1.07 bits per heavy atom. The van der Waals surface area contributed by atoms with Crippen LogP contribution in [0.3, 0.4) is 0 Å². The standard InChI is InChI=1S/C10H11N5/c11-9(12)5-1-2-7-6(3-5)4-8(15-7)10(13)14/h1-4,15H,(H3,11,12)(H3,13,14). The molecule has 0 atom stereocenters. The highest BCUT2D eigenvalue weighted by Crippen LogP contribution is 2.16. The SMILES string of the molecule is N=C(N)c1ccc2[nH]c(C(=N)N)cc2c1. The molecule has 0 fully saturated rings. The minimum absolute atomic E-state index is 0.00410. The van der Waals surface area contributed by atoms with Crippen molar-refractivity contribution in [1.82, 2.24) is 4.98 Å². The minimum atomic E-state index is -0.00410. The van der Waals surface area contributed by atoms with Gasteiger partial charge in [-0.25, -0.2) is 0 Å². The van der Waals surface area contributed by atoms with E-state index in [1.54, 1.807) is 18.2 Å². The molecular weight excluding hydrogens is 190 g/mol. The summed E-state index contributed by atoms with van der Waals surface area (Å²) in [6.45, 7) is 0. The van der Waals surface area contributed by atoms with E-state index >= 15 is 0 Å². The molecule has 0 aliphatic carbocycles. The van der Waals surface area contributed by atoms with Crippen molar-refractivity contribution in [2.24, 2.45) is 11.5 Å². The summed E-state index contributed by atoms with van der Waals surface area (Å²) in [6, 6.07) is 7.13. The molecule has 0 aliphatic heterocycles. The van der Waals surface area contributed by atoms with Crippen LogP contribution in [0.2, 0.25) is 0 Å². The number of fused-ring (bicyclic) bond motifs is 1. The molecule has 2 aromatic rings. The first-order chi connectivity index (χ1) is 7.08. The van der Waals surface area contributed by atoms with Gasteiger partial charge < -0.3 is 16.5 Å². The van der Waals surface area contributed by atoms with Crippen LogP contribution in [-0.2, 0) is 0 Å². The predicted molar refractivity (Wildman–Crippen MR) is 60.3 cm³/mol. The van der Waals surface area contributed by atoms with E-state index < -0.39 is 0 Å². The summed E-state index contributed by atoms with van der Waals surface area (Å²) in [5.74, 6) is 0.0260. The fourth-order valence-corrected chi connectivity index (χ4v) is 1.45. The van der Waals surface area contributed by atoms with Crippen LogP contribution in [0.1, 0.15) is 11.3 Å². The van der Waals surface area contributed by atoms with Crippen molar-refractivity contribution < 1.29 is 0 Å². The Bertz CT molecular complexity index is 540. The summed E-state index contributed by atoms with van der Waals surface area (Å²) in [5, 5.41) is 15.5. The van der Waals surface area contributed by atoms with E-state index in [0.29, 0.717) is 11.3 Å². The zero-order valence-corrected chi connectivity index (χ0v) is 7.96. The van der Waals surface area contributed by atoms with E-state index in [9.17, 15) is 0 Å². The van der Waals surface area contributed by atoms with Crippen LogP contribution in [0.15, 0.2) is 24.3 Å². The fraction of sp³-hybridized carbons (Fsp3) is 0. The molecule has 1 heterocycles. The lowest BCUT2D eigenvalue weighted by atomic mass is 10.1. The van der Waals surface area contributed by atoms with Gasteiger partial charge in [-0.3, -0.25) is 10.8 Å². The first kappa shape index (κ1) is 9.26. The molecule has 0 spiro atoms. The molecule has 0 bridgehead atoms. The number of nitrogen functional groups attached to an aromatic ring is 2. The highest BCUT2D eigenvalue weighted by Gasteiger charge is 2.04. The van der Waals surface area contributed by atoms with Crippen molar-refractivity contribution in [3.8, 4) is 0 Å². The lowest BCUT2D eigenvalue weighted by Crippen LogP contribution is -2.10. The maximum absolute atomic E-state index is 7.30. The third-order valence-electron chi connectivity index (χ3n) is 2.22. The van der Waals surface area contributed by atoms with E-state index in [1.807, 2.05) is 6.07 Å². The van der Waals surface area contributed by atoms with Gasteiger partial charge in [0.1, 0.15) is 11.7 Å². The molecule has 1 aromatic heterocycles. The average Bonchev–Trinajstić information content (AvgIpc) is 2.59. The molecule has 5 heteroatoms. The molecule has 0 unspecified atom stereocenters. The Morgan fingerprint density at radius 3 is 2.40 bits per heavy atom. The quantitative estimate of drug-likeness (QED) is 0.364. The number of H-pyrrole nitrogens is 1. The summed E-state index contributed by atoms with van der Waals surface area (Å²) < 4.78 is 0. The molecule has 5 nitrogen and oxygen atoms in total. The summed E-state index contributed by atoms with van der Waals surface area (Å²) in [7, 11) is 0. The van der Waals surface area contributed by atoms with Crippen LogP contribution in [0.4, 0.5) is 0 Å². The fourth-order valence-electron chi connectivity index (χ4n) is 1.45. The maximum atomic E-state index is 7.30. The lowest BCUT2D eigenvalue weighted by molar-refractivity contribution is 1.34. The number of amidine groups is 2. The Balaban J connectivity index is 2.62. The van der Waals surface area contributed by atoms with E-state index in [0.717, 1.165) is 10.9 Å². The number of aromatic nitrogens is 1. The van der Waals surface area contributed by atoms with E-state index in [1.165, 1.54) is 0 Å². The predicted octanol–water partition coefficient (Wildman–Crippen LogP) is 0.736. The number of aromatic amines is 1. The monoisotopic (exact) mass is 201 g/mol. The van der Waals surface area contributed by atoms with Crippen LogP contribution in [0.5, 0.6) is 0 Å². The molecule has 15 heavy (non-hydrogen) atoms. The zero-order chi connectivity index (χ0) is 11.0. The smallest absolute Gasteiger partial charge is 0.139 e. The summed E-state index contributed by atoms with van der Waals surface area (Å²) in [4.78, 5) is 3.00. The number of rotatable bonds is 2. The Hall–Kier alpha value is -2.30. The largest absolute Gasteiger partial charge is 0.384 e. The zero-order valence-electron chi connectivity index (χ0n) is 7.96. The molecule has 2 rings (SSSR count). The van der Waals surface area contributed by atoms with Crippen LogP contribution in [0.25, 0.3) is 10.9 Å². The minimum Gasteiger partial charge on any atom is -0.384 e. The van der Waals surface area contributed by atoms with Gasteiger partial charge in [0, 0.05) is 16.5 Å². The second kappa shape index (κ2) is 3.13. The van der Waals surface area contributed by atoms with Crippen molar-refractivity contribution in [2.45, 2.75) is 0 Å². The van der Waals surface area contributed by atoms with Crippen molar-refractivity contribution in [1.29, 1.82) is 10.8 Å². The van der Waals surface area contributed by atoms with Gasteiger partial charge in [0.05, 0.1) is 5.69 Å². The molecular formula is C10H11N5. The van der Waals surface area contributed by atoms with E-state index in [4.69, 9.17) is 22.3 Å². The van der Waals surface area contributed by atoms with Crippen LogP contribution >= 0.6 is 0 Å². The number of benzene rings is 1. The van der Waals surface area contributed by atoms with Gasteiger partial charge in [0.25, 0.3) is 0 Å². The summed E-state index contributed by atoms with van der Waals surface area (Å²) in [5.41, 5.74) is 12.9. The normalized spacial score (nSPS) is 10.4. The first-order valence-corrected chi connectivity index (χ1v) is 4.39. The van der Waals surface area contributed by atoms with Gasteiger partial charge in [0.2, 0.25) is 0 Å². The Kier molecular flexibility index (Phi) is 1.93. The topological polar surface area (TPSA) is 116 Å². The lowest BCUT2D eigenvalue weighted by Gasteiger charge is -1.96. The molecule has 1 aromatic carbocycles. The van der Waals surface area contributed by atoms with Gasteiger partial charge >= 0.3 is 0 Å². The van der Waals surface area contributed by atoms with Crippen LogP contribution in [-0.4, -0.2) is 16.7 Å². The summed E-state index contributed by atoms with van der Waals surface area (Å²) >= 11 is 0.